The quantitative estimate of drug-likeness (QED) is 0.800. The molecule has 1 atom stereocenters. The minimum absolute atomic E-state index is 0.0725. The Balaban J connectivity index is 1.99. The molecule has 0 radical (unpaired) electrons. The van der Waals surface area contributed by atoms with E-state index in [0.717, 1.165) is 11.6 Å². The van der Waals surface area contributed by atoms with Crippen LogP contribution in [0.1, 0.15) is 28.8 Å². The highest BCUT2D eigenvalue weighted by Crippen LogP contribution is 2.22. The van der Waals surface area contributed by atoms with E-state index in [1.165, 1.54) is 12.1 Å². The summed E-state index contributed by atoms with van der Waals surface area (Å²) in [6.45, 7) is 2.50. The van der Waals surface area contributed by atoms with Gasteiger partial charge < -0.3 is 15.5 Å². The molecule has 2 aromatic rings. The SMILES string of the molecule is CC(CNC(=O)c1ccc(O)cc1O)c1ccccc1. The van der Waals surface area contributed by atoms with Crippen LogP contribution >= 0.6 is 0 Å². The molecule has 0 aliphatic carbocycles. The van der Waals surface area contributed by atoms with Crippen LogP contribution in [0, 0.1) is 0 Å². The van der Waals surface area contributed by atoms with Crippen LogP contribution in [0.25, 0.3) is 0 Å². The van der Waals surface area contributed by atoms with Crippen LogP contribution in [0.5, 0.6) is 11.5 Å². The van der Waals surface area contributed by atoms with E-state index in [0.29, 0.717) is 6.54 Å². The predicted molar refractivity (Wildman–Crippen MR) is 77.0 cm³/mol. The molecule has 2 aromatic carbocycles. The van der Waals surface area contributed by atoms with Crippen LogP contribution in [-0.4, -0.2) is 22.7 Å². The van der Waals surface area contributed by atoms with E-state index in [-0.39, 0.29) is 28.9 Å². The van der Waals surface area contributed by atoms with Crippen LogP contribution in [0.15, 0.2) is 48.5 Å². The van der Waals surface area contributed by atoms with E-state index in [1.54, 1.807) is 0 Å². The largest absolute Gasteiger partial charge is 0.508 e. The first-order valence-electron chi connectivity index (χ1n) is 6.43. The lowest BCUT2D eigenvalue weighted by Gasteiger charge is -2.13. The molecule has 1 unspecified atom stereocenters. The minimum Gasteiger partial charge on any atom is -0.508 e. The lowest BCUT2D eigenvalue weighted by molar-refractivity contribution is 0.0949. The van der Waals surface area contributed by atoms with Crippen molar-refractivity contribution >= 4 is 5.91 Å². The second-order valence-electron chi connectivity index (χ2n) is 4.72. The van der Waals surface area contributed by atoms with Gasteiger partial charge in [-0.05, 0) is 23.6 Å². The summed E-state index contributed by atoms with van der Waals surface area (Å²) in [5, 5.41) is 21.6. The molecule has 0 saturated carbocycles. The third-order valence-corrected chi connectivity index (χ3v) is 3.16. The molecule has 0 aromatic heterocycles. The maximum absolute atomic E-state index is 12.0. The van der Waals surface area contributed by atoms with Crippen molar-refractivity contribution in [1.29, 1.82) is 0 Å². The number of hydrogen-bond acceptors (Lipinski definition) is 3. The van der Waals surface area contributed by atoms with Crippen LogP contribution in [0.2, 0.25) is 0 Å². The summed E-state index contributed by atoms with van der Waals surface area (Å²) in [6, 6.07) is 13.8. The second-order valence-corrected chi connectivity index (χ2v) is 4.72. The van der Waals surface area contributed by atoms with Crippen molar-refractivity contribution in [1.82, 2.24) is 5.32 Å². The Labute approximate surface area is 117 Å². The molecule has 0 aliphatic rings. The predicted octanol–water partition coefficient (Wildman–Crippen LogP) is 2.63. The number of carbonyl (C=O) groups excluding carboxylic acids is 1. The van der Waals surface area contributed by atoms with E-state index in [2.05, 4.69) is 5.32 Å². The zero-order chi connectivity index (χ0) is 14.5. The molecule has 4 heteroatoms. The van der Waals surface area contributed by atoms with Gasteiger partial charge in [0.1, 0.15) is 11.5 Å². The minimum atomic E-state index is -0.356. The molecule has 2 rings (SSSR count). The van der Waals surface area contributed by atoms with Crippen molar-refractivity contribution in [3.63, 3.8) is 0 Å². The summed E-state index contributed by atoms with van der Waals surface area (Å²) in [6.07, 6.45) is 0. The summed E-state index contributed by atoms with van der Waals surface area (Å²) in [5.74, 6) is -0.476. The van der Waals surface area contributed by atoms with Gasteiger partial charge in [-0.1, -0.05) is 37.3 Å². The standard InChI is InChI=1S/C16H17NO3/c1-11(12-5-3-2-4-6-12)10-17-16(20)14-8-7-13(18)9-15(14)19/h2-9,11,18-19H,10H2,1H3,(H,17,20). The van der Waals surface area contributed by atoms with E-state index in [4.69, 9.17) is 0 Å². The van der Waals surface area contributed by atoms with Gasteiger partial charge in [0.05, 0.1) is 5.56 Å². The van der Waals surface area contributed by atoms with Gasteiger partial charge in [-0.3, -0.25) is 4.79 Å². The smallest absolute Gasteiger partial charge is 0.255 e. The molecule has 0 bridgehead atoms. The average Bonchev–Trinajstić information content (AvgIpc) is 2.45. The summed E-state index contributed by atoms with van der Waals surface area (Å²) in [4.78, 5) is 12.0. The first kappa shape index (κ1) is 13.9. The van der Waals surface area contributed by atoms with Crippen molar-refractivity contribution in [3.05, 3.63) is 59.7 Å². The van der Waals surface area contributed by atoms with Gasteiger partial charge in [0, 0.05) is 12.6 Å². The normalized spacial score (nSPS) is 11.8. The van der Waals surface area contributed by atoms with Crippen molar-refractivity contribution in [2.24, 2.45) is 0 Å². The van der Waals surface area contributed by atoms with Gasteiger partial charge >= 0.3 is 0 Å². The highest BCUT2D eigenvalue weighted by atomic mass is 16.3. The third kappa shape index (κ3) is 3.29. The van der Waals surface area contributed by atoms with Gasteiger partial charge in [-0.15, -0.1) is 0 Å². The number of aromatic hydroxyl groups is 2. The van der Waals surface area contributed by atoms with Crippen LogP contribution < -0.4 is 5.32 Å². The zero-order valence-electron chi connectivity index (χ0n) is 11.2. The summed E-state index contributed by atoms with van der Waals surface area (Å²) >= 11 is 0. The number of nitrogens with one attached hydrogen (secondary N) is 1. The van der Waals surface area contributed by atoms with Crippen molar-refractivity contribution in [2.45, 2.75) is 12.8 Å². The Morgan fingerprint density at radius 3 is 2.50 bits per heavy atom. The Morgan fingerprint density at radius 1 is 1.15 bits per heavy atom. The van der Waals surface area contributed by atoms with Gasteiger partial charge in [0.25, 0.3) is 5.91 Å². The number of hydrogen-bond donors (Lipinski definition) is 3. The topological polar surface area (TPSA) is 69.6 Å². The van der Waals surface area contributed by atoms with E-state index in [9.17, 15) is 15.0 Å². The number of phenolic OH excluding ortho intramolecular Hbond substituents is 2. The Morgan fingerprint density at radius 2 is 1.85 bits per heavy atom. The van der Waals surface area contributed by atoms with Gasteiger partial charge in [-0.25, -0.2) is 0 Å². The molecule has 0 fully saturated rings. The fourth-order valence-corrected chi connectivity index (χ4v) is 1.95. The molecule has 104 valence electrons. The Kier molecular flexibility index (Phi) is 4.25. The Hall–Kier alpha value is -2.49. The number of amides is 1. The molecule has 3 N–H and O–H groups in total. The first-order chi connectivity index (χ1) is 9.58. The fraction of sp³-hybridized carbons (Fsp3) is 0.188. The second kappa shape index (κ2) is 6.10. The zero-order valence-corrected chi connectivity index (χ0v) is 11.2. The van der Waals surface area contributed by atoms with E-state index >= 15 is 0 Å². The molecule has 0 saturated heterocycles. The lowest BCUT2D eigenvalue weighted by Crippen LogP contribution is -2.27. The highest BCUT2D eigenvalue weighted by Gasteiger charge is 2.13. The monoisotopic (exact) mass is 271 g/mol. The number of benzene rings is 2. The molecule has 0 heterocycles. The number of phenols is 2. The maximum Gasteiger partial charge on any atom is 0.255 e. The summed E-state index contributed by atoms with van der Waals surface area (Å²) in [7, 11) is 0. The van der Waals surface area contributed by atoms with Crippen LogP contribution in [0.4, 0.5) is 0 Å². The molecular formula is C16H17NO3. The molecule has 4 nitrogen and oxygen atoms in total. The summed E-state index contributed by atoms with van der Waals surface area (Å²) < 4.78 is 0. The maximum atomic E-state index is 12.0. The molecule has 20 heavy (non-hydrogen) atoms. The molecule has 0 spiro atoms. The van der Waals surface area contributed by atoms with E-state index in [1.807, 2.05) is 37.3 Å². The van der Waals surface area contributed by atoms with E-state index < -0.39 is 0 Å². The molecule has 1 amide bonds. The van der Waals surface area contributed by atoms with Crippen molar-refractivity contribution in [3.8, 4) is 11.5 Å². The number of rotatable bonds is 4. The lowest BCUT2D eigenvalue weighted by atomic mass is 10.0. The molecule has 0 aliphatic heterocycles. The summed E-state index contributed by atoms with van der Waals surface area (Å²) in [5.41, 5.74) is 1.30. The number of carbonyl (C=O) groups is 1. The first-order valence-corrected chi connectivity index (χ1v) is 6.43. The highest BCUT2D eigenvalue weighted by molar-refractivity contribution is 5.97. The Bertz CT molecular complexity index is 596. The van der Waals surface area contributed by atoms with Gasteiger partial charge in [0.2, 0.25) is 0 Å². The van der Waals surface area contributed by atoms with Crippen molar-refractivity contribution < 1.29 is 15.0 Å². The van der Waals surface area contributed by atoms with Crippen LogP contribution in [-0.2, 0) is 0 Å². The third-order valence-electron chi connectivity index (χ3n) is 3.16. The fourth-order valence-electron chi connectivity index (χ4n) is 1.95. The van der Waals surface area contributed by atoms with Gasteiger partial charge in [0.15, 0.2) is 0 Å². The van der Waals surface area contributed by atoms with Gasteiger partial charge in [-0.2, -0.15) is 0 Å². The van der Waals surface area contributed by atoms with Crippen molar-refractivity contribution in [2.75, 3.05) is 6.54 Å². The molecular weight excluding hydrogens is 254 g/mol. The average molecular weight is 271 g/mol. The van der Waals surface area contributed by atoms with Crippen LogP contribution in [0.3, 0.4) is 0 Å².